The number of nitrogens with two attached hydrogens (primary N) is 2. The Labute approximate surface area is 174 Å². The molecule has 162 valence electrons. The van der Waals surface area contributed by atoms with Crippen molar-refractivity contribution in [2.24, 2.45) is 11.5 Å². The van der Waals surface area contributed by atoms with Crippen molar-refractivity contribution in [2.45, 2.75) is 31.7 Å². The maximum absolute atomic E-state index is 12.5. The van der Waals surface area contributed by atoms with Crippen LogP contribution in [0.1, 0.15) is 24.1 Å². The largest absolute Gasteiger partial charge is 0.508 e. The number of amides is 1. The third-order valence-electron chi connectivity index (χ3n) is 4.37. The monoisotopic (exact) mass is 417 g/mol. The molecule has 3 atom stereocenters. The summed E-state index contributed by atoms with van der Waals surface area (Å²) < 4.78 is 16.2. The SMILES string of the molecule is CCOc1cc(C(N)C(NC=O)OC(=O)[C@@H](N)Cc2ccc(O)cc2)ccc1OC. The van der Waals surface area contributed by atoms with E-state index in [0.29, 0.717) is 30.1 Å². The van der Waals surface area contributed by atoms with Crippen molar-refractivity contribution in [2.75, 3.05) is 13.7 Å². The van der Waals surface area contributed by atoms with Crippen LogP contribution in [0.3, 0.4) is 0 Å². The van der Waals surface area contributed by atoms with Crippen LogP contribution < -0.4 is 26.3 Å². The number of ether oxygens (including phenoxy) is 3. The van der Waals surface area contributed by atoms with E-state index in [4.69, 9.17) is 25.7 Å². The first-order valence-corrected chi connectivity index (χ1v) is 9.39. The standard InChI is InChI=1S/C21H27N3O6/c1-3-29-18-11-14(6-9-17(18)28-2)19(23)20(24-12-25)30-21(27)16(22)10-13-4-7-15(26)8-5-13/h4-9,11-12,16,19-20,26H,3,10,22-23H2,1-2H3,(H,24,25)/t16-,19?,20?/m0/s1. The van der Waals surface area contributed by atoms with Crippen LogP contribution in [0.2, 0.25) is 0 Å². The lowest BCUT2D eigenvalue weighted by Crippen LogP contribution is -2.46. The van der Waals surface area contributed by atoms with Gasteiger partial charge in [0.25, 0.3) is 0 Å². The Morgan fingerprint density at radius 2 is 1.87 bits per heavy atom. The summed E-state index contributed by atoms with van der Waals surface area (Å²) in [5.74, 6) is 0.396. The zero-order chi connectivity index (χ0) is 22.1. The van der Waals surface area contributed by atoms with Crippen LogP contribution in [0.15, 0.2) is 42.5 Å². The van der Waals surface area contributed by atoms with Crippen molar-refractivity contribution < 1.29 is 28.9 Å². The number of hydrogen-bond donors (Lipinski definition) is 4. The first-order chi connectivity index (χ1) is 14.4. The number of carbonyl (C=O) groups excluding carboxylic acids is 2. The highest BCUT2D eigenvalue weighted by molar-refractivity contribution is 5.76. The Morgan fingerprint density at radius 3 is 2.47 bits per heavy atom. The molecule has 0 saturated carbocycles. The second-order valence-corrected chi connectivity index (χ2v) is 6.49. The van der Waals surface area contributed by atoms with Crippen molar-refractivity contribution >= 4 is 12.4 Å². The first kappa shape index (κ1) is 23.0. The molecule has 2 rings (SSSR count). The van der Waals surface area contributed by atoms with Crippen LogP contribution in [0.5, 0.6) is 17.2 Å². The number of rotatable bonds is 11. The maximum Gasteiger partial charge on any atom is 0.325 e. The average molecular weight is 417 g/mol. The minimum absolute atomic E-state index is 0.113. The van der Waals surface area contributed by atoms with Crippen molar-refractivity contribution in [1.29, 1.82) is 0 Å². The molecule has 30 heavy (non-hydrogen) atoms. The molecule has 0 heterocycles. The van der Waals surface area contributed by atoms with Gasteiger partial charge < -0.3 is 36.1 Å². The van der Waals surface area contributed by atoms with E-state index in [1.165, 1.54) is 19.2 Å². The third-order valence-corrected chi connectivity index (χ3v) is 4.37. The number of nitrogens with one attached hydrogen (secondary N) is 1. The van der Waals surface area contributed by atoms with Crippen molar-refractivity contribution in [3.8, 4) is 17.2 Å². The minimum atomic E-state index is -1.14. The summed E-state index contributed by atoms with van der Waals surface area (Å²) in [5.41, 5.74) is 13.5. The molecule has 6 N–H and O–H groups in total. The Bertz CT molecular complexity index is 843. The van der Waals surface area contributed by atoms with E-state index in [2.05, 4.69) is 5.32 Å². The Morgan fingerprint density at radius 1 is 1.17 bits per heavy atom. The molecule has 2 aromatic rings. The molecule has 9 heteroatoms. The number of benzene rings is 2. The smallest absolute Gasteiger partial charge is 0.325 e. The van der Waals surface area contributed by atoms with Gasteiger partial charge in [0.1, 0.15) is 11.8 Å². The van der Waals surface area contributed by atoms with Gasteiger partial charge in [-0.15, -0.1) is 0 Å². The number of aromatic hydroxyl groups is 1. The molecule has 0 fully saturated rings. The fourth-order valence-corrected chi connectivity index (χ4v) is 2.80. The maximum atomic E-state index is 12.5. The average Bonchev–Trinajstić information content (AvgIpc) is 2.74. The Hall–Kier alpha value is -3.30. The molecule has 0 aliphatic rings. The Kier molecular flexibility index (Phi) is 8.45. The summed E-state index contributed by atoms with van der Waals surface area (Å²) in [6, 6.07) is 9.49. The van der Waals surface area contributed by atoms with E-state index in [0.717, 1.165) is 5.56 Å². The molecule has 1 amide bonds. The molecule has 0 saturated heterocycles. The molecule has 0 aliphatic heterocycles. The van der Waals surface area contributed by atoms with Crippen molar-refractivity contribution in [1.82, 2.24) is 5.32 Å². The number of phenolic OH excluding ortho intramolecular Hbond substituents is 1. The van der Waals surface area contributed by atoms with Gasteiger partial charge in [-0.3, -0.25) is 9.59 Å². The summed E-state index contributed by atoms with van der Waals surface area (Å²) in [7, 11) is 1.52. The van der Waals surface area contributed by atoms with Gasteiger partial charge in [0.15, 0.2) is 17.7 Å². The van der Waals surface area contributed by atoms with Gasteiger partial charge in [0, 0.05) is 0 Å². The number of esters is 1. The summed E-state index contributed by atoms with van der Waals surface area (Å²) in [5, 5.41) is 11.7. The molecule has 0 aliphatic carbocycles. The van der Waals surface area contributed by atoms with Crippen LogP contribution in [0.4, 0.5) is 0 Å². The van der Waals surface area contributed by atoms with Crippen LogP contribution in [-0.2, 0) is 20.7 Å². The fraction of sp³-hybridized carbons (Fsp3) is 0.333. The lowest BCUT2D eigenvalue weighted by Gasteiger charge is -2.25. The third kappa shape index (κ3) is 6.10. The highest BCUT2D eigenvalue weighted by Crippen LogP contribution is 2.30. The second kappa shape index (κ2) is 11.0. The van der Waals surface area contributed by atoms with E-state index < -0.39 is 24.3 Å². The van der Waals surface area contributed by atoms with Gasteiger partial charge in [-0.2, -0.15) is 0 Å². The van der Waals surface area contributed by atoms with E-state index >= 15 is 0 Å². The molecule has 0 radical (unpaired) electrons. The van der Waals surface area contributed by atoms with E-state index in [1.54, 1.807) is 30.3 Å². The molecule has 2 aromatic carbocycles. The van der Waals surface area contributed by atoms with Gasteiger partial charge in [-0.25, -0.2) is 0 Å². The van der Waals surface area contributed by atoms with Gasteiger partial charge in [-0.05, 0) is 48.7 Å². The molecule has 9 nitrogen and oxygen atoms in total. The topological polar surface area (TPSA) is 146 Å². The van der Waals surface area contributed by atoms with Crippen molar-refractivity contribution in [3.05, 3.63) is 53.6 Å². The van der Waals surface area contributed by atoms with Gasteiger partial charge in [-0.1, -0.05) is 18.2 Å². The highest BCUT2D eigenvalue weighted by atomic mass is 16.6. The highest BCUT2D eigenvalue weighted by Gasteiger charge is 2.27. The normalized spacial score (nSPS) is 13.6. The number of phenols is 1. The van der Waals surface area contributed by atoms with Crippen LogP contribution >= 0.6 is 0 Å². The molecule has 0 spiro atoms. The molecular weight excluding hydrogens is 390 g/mol. The summed E-state index contributed by atoms with van der Waals surface area (Å²) in [4.78, 5) is 23.5. The zero-order valence-electron chi connectivity index (χ0n) is 16.9. The molecule has 0 aromatic heterocycles. The Balaban J connectivity index is 2.11. The van der Waals surface area contributed by atoms with E-state index in [9.17, 15) is 14.7 Å². The predicted molar refractivity (Wildman–Crippen MR) is 110 cm³/mol. The van der Waals surface area contributed by atoms with Crippen molar-refractivity contribution in [3.63, 3.8) is 0 Å². The van der Waals surface area contributed by atoms with Gasteiger partial charge in [0.2, 0.25) is 6.41 Å². The molecule has 2 unspecified atom stereocenters. The number of methoxy groups -OCH3 is 1. The predicted octanol–water partition coefficient (Wildman–Crippen LogP) is 0.985. The molecule has 0 bridgehead atoms. The summed E-state index contributed by atoms with van der Waals surface area (Å²) in [6.45, 7) is 2.26. The lowest BCUT2D eigenvalue weighted by molar-refractivity contribution is -0.154. The molecular formula is C21H27N3O6. The number of carbonyl (C=O) groups is 2. The lowest BCUT2D eigenvalue weighted by atomic mass is 10.0. The second-order valence-electron chi connectivity index (χ2n) is 6.49. The fourth-order valence-electron chi connectivity index (χ4n) is 2.80. The first-order valence-electron chi connectivity index (χ1n) is 9.39. The zero-order valence-corrected chi connectivity index (χ0v) is 16.9. The van der Waals surface area contributed by atoms with Crippen LogP contribution in [0.25, 0.3) is 0 Å². The summed E-state index contributed by atoms with van der Waals surface area (Å²) >= 11 is 0. The van der Waals surface area contributed by atoms with Crippen LogP contribution in [0, 0.1) is 0 Å². The van der Waals surface area contributed by atoms with Gasteiger partial charge in [0.05, 0.1) is 19.8 Å². The quantitative estimate of drug-likeness (QED) is 0.240. The minimum Gasteiger partial charge on any atom is -0.508 e. The summed E-state index contributed by atoms with van der Waals surface area (Å²) in [6.07, 6.45) is -0.543. The van der Waals surface area contributed by atoms with E-state index in [-0.39, 0.29) is 12.2 Å². The number of hydrogen-bond acceptors (Lipinski definition) is 8. The van der Waals surface area contributed by atoms with Crippen LogP contribution in [-0.4, -0.2) is 43.5 Å². The van der Waals surface area contributed by atoms with Gasteiger partial charge >= 0.3 is 5.97 Å². The van der Waals surface area contributed by atoms with E-state index in [1.807, 2.05) is 6.92 Å².